The van der Waals surface area contributed by atoms with E-state index in [9.17, 15) is 13.2 Å². The standard InChI is InChI=1S/C16H17F3N4/c1-11-10-23(9-8-20-11)15-21-7-6-14(22-15)12-2-4-13(5-3-12)16(17,18)19/h2-7,11,20H,8-10H2,1H3/t11-/m0/s1. The van der Waals surface area contributed by atoms with E-state index in [0.717, 1.165) is 31.8 Å². The molecule has 1 fully saturated rings. The second-order valence-corrected chi connectivity index (χ2v) is 5.62. The van der Waals surface area contributed by atoms with Crippen LogP contribution in [0, 0.1) is 0 Å². The Morgan fingerprint density at radius 2 is 1.91 bits per heavy atom. The van der Waals surface area contributed by atoms with Crippen molar-refractivity contribution in [3.8, 4) is 11.3 Å². The number of hydrogen-bond acceptors (Lipinski definition) is 4. The Morgan fingerprint density at radius 1 is 1.17 bits per heavy atom. The molecule has 0 spiro atoms. The average Bonchev–Trinajstić information content (AvgIpc) is 2.54. The number of hydrogen-bond donors (Lipinski definition) is 1. The molecule has 1 aromatic carbocycles. The van der Waals surface area contributed by atoms with E-state index in [1.807, 2.05) is 0 Å². The number of alkyl halides is 3. The molecule has 1 saturated heterocycles. The predicted molar refractivity (Wildman–Crippen MR) is 82.1 cm³/mol. The molecule has 1 N–H and O–H groups in total. The Balaban J connectivity index is 1.85. The maximum Gasteiger partial charge on any atom is 0.416 e. The first-order valence-electron chi connectivity index (χ1n) is 7.42. The van der Waals surface area contributed by atoms with Gasteiger partial charge in [-0.2, -0.15) is 13.2 Å². The number of halogens is 3. The topological polar surface area (TPSA) is 41.1 Å². The highest BCUT2D eigenvalue weighted by atomic mass is 19.4. The summed E-state index contributed by atoms with van der Waals surface area (Å²) in [5, 5.41) is 3.34. The Morgan fingerprint density at radius 3 is 2.57 bits per heavy atom. The molecule has 0 radical (unpaired) electrons. The average molecular weight is 322 g/mol. The van der Waals surface area contributed by atoms with Crippen molar-refractivity contribution < 1.29 is 13.2 Å². The fourth-order valence-electron chi connectivity index (χ4n) is 2.61. The number of piperazine rings is 1. The van der Waals surface area contributed by atoms with Crippen LogP contribution in [0.5, 0.6) is 0 Å². The summed E-state index contributed by atoms with van der Waals surface area (Å²) in [6, 6.07) is 7.08. The number of nitrogens with zero attached hydrogens (tertiary/aromatic N) is 3. The molecule has 0 unspecified atom stereocenters. The first kappa shape index (κ1) is 15.7. The molecule has 4 nitrogen and oxygen atoms in total. The summed E-state index contributed by atoms with van der Waals surface area (Å²) in [5.41, 5.74) is 0.603. The van der Waals surface area contributed by atoms with Crippen LogP contribution < -0.4 is 10.2 Å². The number of benzene rings is 1. The van der Waals surface area contributed by atoms with Gasteiger partial charge in [-0.1, -0.05) is 12.1 Å². The molecule has 1 atom stereocenters. The van der Waals surface area contributed by atoms with Gasteiger partial charge in [0.15, 0.2) is 0 Å². The Bertz CT molecular complexity index is 670. The van der Waals surface area contributed by atoms with Crippen molar-refractivity contribution >= 4 is 5.95 Å². The molecule has 1 aliphatic rings. The zero-order chi connectivity index (χ0) is 16.4. The molecular formula is C16H17F3N4. The van der Waals surface area contributed by atoms with Crippen LogP contribution >= 0.6 is 0 Å². The normalized spacial score (nSPS) is 19.0. The van der Waals surface area contributed by atoms with Crippen molar-refractivity contribution in [1.82, 2.24) is 15.3 Å². The van der Waals surface area contributed by atoms with Crippen LogP contribution in [-0.4, -0.2) is 35.6 Å². The lowest BCUT2D eigenvalue weighted by atomic mass is 10.1. The SMILES string of the molecule is C[C@H]1CN(c2nccc(-c3ccc(C(F)(F)F)cc3)n2)CCN1. The molecule has 2 heterocycles. The highest BCUT2D eigenvalue weighted by molar-refractivity contribution is 5.60. The van der Waals surface area contributed by atoms with Crippen LogP contribution in [0.15, 0.2) is 36.5 Å². The predicted octanol–water partition coefficient (Wildman–Crippen LogP) is 2.96. The molecule has 2 aromatic rings. The van der Waals surface area contributed by atoms with E-state index in [2.05, 4.69) is 27.1 Å². The van der Waals surface area contributed by atoms with E-state index in [-0.39, 0.29) is 0 Å². The van der Waals surface area contributed by atoms with E-state index < -0.39 is 11.7 Å². The minimum atomic E-state index is -4.33. The first-order chi connectivity index (χ1) is 10.9. The van der Waals surface area contributed by atoms with Gasteiger partial charge in [-0.15, -0.1) is 0 Å². The maximum atomic E-state index is 12.6. The van der Waals surface area contributed by atoms with E-state index in [1.165, 1.54) is 12.1 Å². The summed E-state index contributed by atoms with van der Waals surface area (Å²) < 4.78 is 37.9. The summed E-state index contributed by atoms with van der Waals surface area (Å²) in [5.74, 6) is 0.607. The van der Waals surface area contributed by atoms with Gasteiger partial charge in [0.05, 0.1) is 11.3 Å². The minimum absolute atomic E-state index is 0.349. The minimum Gasteiger partial charge on any atom is -0.338 e. The van der Waals surface area contributed by atoms with Crippen molar-refractivity contribution in [3.05, 3.63) is 42.1 Å². The van der Waals surface area contributed by atoms with Crippen molar-refractivity contribution in [2.45, 2.75) is 19.1 Å². The Kier molecular flexibility index (Phi) is 4.21. The molecule has 7 heteroatoms. The summed E-state index contributed by atoms with van der Waals surface area (Å²) in [4.78, 5) is 10.9. The van der Waals surface area contributed by atoms with Crippen molar-refractivity contribution in [2.24, 2.45) is 0 Å². The highest BCUT2D eigenvalue weighted by Gasteiger charge is 2.30. The van der Waals surface area contributed by atoms with Crippen LogP contribution in [0.1, 0.15) is 12.5 Å². The first-order valence-corrected chi connectivity index (χ1v) is 7.42. The van der Waals surface area contributed by atoms with Gasteiger partial charge < -0.3 is 10.2 Å². The number of aromatic nitrogens is 2. The molecule has 122 valence electrons. The van der Waals surface area contributed by atoms with Gasteiger partial charge in [0.2, 0.25) is 5.95 Å². The van der Waals surface area contributed by atoms with Crippen LogP contribution in [0.25, 0.3) is 11.3 Å². The van der Waals surface area contributed by atoms with E-state index in [4.69, 9.17) is 0 Å². The summed E-state index contributed by atoms with van der Waals surface area (Å²) >= 11 is 0. The summed E-state index contributed by atoms with van der Waals surface area (Å²) in [6.45, 7) is 4.55. The van der Waals surface area contributed by atoms with Gasteiger partial charge in [0, 0.05) is 37.4 Å². The largest absolute Gasteiger partial charge is 0.416 e. The van der Waals surface area contributed by atoms with Gasteiger partial charge in [-0.3, -0.25) is 0 Å². The molecule has 1 aliphatic heterocycles. The fourth-order valence-corrected chi connectivity index (χ4v) is 2.61. The zero-order valence-corrected chi connectivity index (χ0v) is 12.6. The van der Waals surface area contributed by atoms with Crippen molar-refractivity contribution in [1.29, 1.82) is 0 Å². The smallest absolute Gasteiger partial charge is 0.338 e. The summed E-state index contributed by atoms with van der Waals surface area (Å²) in [6.07, 6.45) is -2.69. The zero-order valence-electron chi connectivity index (χ0n) is 12.6. The monoisotopic (exact) mass is 322 g/mol. The van der Waals surface area contributed by atoms with Crippen molar-refractivity contribution in [2.75, 3.05) is 24.5 Å². The van der Waals surface area contributed by atoms with E-state index in [0.29, 0.717) is 23.2 Å². The quantitative estimate of drug-likeness (QED) is 0.923. The second-order valence-electron chi connectivity index (χ2n) is 5.62. The maximum absolute atomic E-state index is 12.6. The molecule has 23 heavy (non-hydrogen) atoms. The lowest BCUT2D eigenvalue weighted by Crippen LogP contribution is -2.49. The third kappa shape index (κ3) is 3.61. The van der Waals surface area contributed by atoms with Crippen molar-refractivity contribution in [3.63, 3.8) is 0 Å². The highest BCUT2D eigenvalue weighted by Crippen LogP contribution is 2.30. The Labute approximate surface area is 132 Å². The van der Waals surface area contributed by atoms with E-state index in [1.54, 1.807) is 12.3 Å². The third-order valence-corrected chi connectivity index (χ3v) is 3.80. The second kappa shape index (κ2) is 6.16. The molecular weight excluding hydrogens is 305 g/mol. The third-order valence-electron chi connectivity index (χ3n) is 3.80. The lowest BCUT2D eigenvalue weighted by Gasteiger charge is -2.31. The molecule has 0 bridgehead atoms. The molecule has 3 rings (SSSR count). The van der Waals surface area contributed by atoms with Gasteiger partial charge >= 0.3 is 6.18 Å². The van der Waals surface area contributed by atoms with Crippen LogP contribution in [0.3, 0.4) is 0 Å². The fraction of sp³-hybridized carbons (Fsp3) is 0.375. The molecule has 1 aromatic heterocycles. The number of nitrogens with one attached hydrogen (secondary N) is 1. The molecule has 0 aliphatic carbocycles. The van der Waals surface area contributed by atoms with Crippen LogP contribution in [0.4, 0.5) is 19.1 Å². The van der Waals surface area contributed by atoms with Crippen LogP contribution in [-0.2, 0) is 6.18 Å². The Hall–Kier alpha value is -2.15. The van der Waals surface area contributed by atoms with Crippen LogP contribution in [0.2, 0.25) is 0 Å². The van der Waals surface area contributed by atoms with Gasteiger partial charge in [0.25, 0.3) is 0 Å². The van der Waals surface area contributed by atoms with E-state index >= 15 is 0 Å². The molecule has 0 saturated carbocycles. The summed E-state index contributed by atoms with van der Waals surface area (Å²) in [7, 11) is 0. The van der Waals surface area contributed by atoms with Gasteiger partial charge in [-0.25, -0.2) is 9.97 Å². The van der Waals surface area contributed by atoms with Gasteiger partial charge in [0.1, 0.15) is 0 Å². The molecule has 0 amide bonds. The number of anilines is 1. The number of rotatable bonds is 2. The van der Waals surface area contributed by atoms with Gasteiger partial charge in [-0.05, 0) is 25.1 Å². The lowest BCUT2D eigenvalue weighted by molar-refractivity contribution is -0.137.